The number of hydrogen-bond donors (Lipinski definition) is 2. The molecule has 0 bridgehead atoms. The van der Waals surface area contributed by atoms with Crippen LogP contribution in [0.4, 0.5) is 5.82 Å². The summed E-state index contributed by atoms with van der Waals surface area (Å²) in [4.78, 5) is 14.8. The first-order chi connectivity index (χ1) is 18.2. The van der Waals surface area contributed by atoms with Crippen molar-refractivity contribution in [3.05, 3.63) is 66.6 Å². The molecule has 37 heavy (non-hydrogen) atoms. The number of benzene rings is 1. The van der Waals surface area contributed by atoms with Gasteiger partial charge in [0.2, 0.25) is 0 Å². The fourth-order valence-corrected chi connectivity index (χ4v) is 5.86. The van der Waals surface area contributed by atoms with Gasteiger partial charge in [0.15, 0.2) is 0 Å². The number of hydrogen-bond acceptors (Lipinski definition) is 6. The van der Waals surface area contributed by atoms with Gasteiger partial charge in [-0.25, -0.2) is 9.97 Å². The molecule has 2 aliphatic rings. The van der Waals surface area contributed by atoms with E-state index in [-0.39, 0.29) is 6.10 Å². The van der Waals surface area contributed by atoms with Crippen LogP contribution in [0.3, 0.4) is 0 Å². The van der Waals surface area contributed by atoms with Crippen molar-refractivity contribution < 1.29 is 9.47 Å². The van der Waals surface area contributed by atoms with Gasteiger partial charge in [-0.05, 0) is 74.1 Å². The van der Waals surface area contributed by atoms with Crippen LogP contribution in [0.5, 0.6) is 5.75 Å². The quantitative estimate of drug-likeness (QED) is 0.328. The highest BCUT2D eigenvalue weighted by Crippen LogP contribution is 2.40. The van der Waals surface area contributed by atoms with E-state index < -0.39 is 0 Å². The van der Waals surface area contributed by atoms with Crippen molar-refractivity contribution in [3.63, 3.8) is 0 Å². The van der Waals surface area contributed by atoms with E-state index in [0.717, 1.165) is 76.6 Å². The smallest absolute Gasteiger partial charge is 0.137 e. The first-order valence-corrected chi connectivity index (χ1v) is 13.0. The van der Waals surface area contributed by atoms with Gasteiger partial charge in [-0.2, -0.15) is 5.10 Å². The summed E-state index contributed by atoms with van der Waals surface area (Å²) < 4.78 is 12.0. The van der Waals surface area contributed by atoms with E-state index >= 15 is 0 Å². The first kappa shape index (κ1) is 22.3. The molecule has 2 saturated heterocycles. The minimum atomic E-state index is -0.130. The molecule has 0 saturated carbocycles. The molecule has 5 aromatic rings. The summed E-state index contributed by atoms with van der Waals surface area (Å²) in [5.74, 6) is 1.83. The van der Waals surface area contributed by atoms with Crippen molar-refractivity contribution in [1.29, 1.82) is 0 Å². The first-order valence-electron chi connectivity index (χ1n) is 13.0. The lowest BCUT2D eigenvalue weighted by Crippen LogP contribution is -2.40. The standard InChI is InChI=1S/C29H30N6O2/c1-19(22-6-11-30-28-23(22)7-12-31-28)37-21-3-4-25-24(16-21)27(34-33-25)20-2-5-26(32-17-20)35-13-8-29(9-14-35)10-15-36-18-29/h2-7,11-12,16-17,19H,8-10,13-15,18H2,1H3,(H,30,31)(H,33,34). The number of nitrogens with one attached hydrogen (secondary N) is 2. The lowest BCUT2D eigenvalue weighted by atomic mass is 9.78. The average Bonchev–Trinajstić information content (AvgIpc) is 3.69. The summed E-state index contributed by atoms with van der Waals surface area (Å²) in [6, 6.07) is 14.3. The van der Waals surface area contributed by atoms with Crippen LogP contribution in [-0.4, -0.2) is 51.5 Å². The van der Waals surface area contributed by atoms with E-state index in [9.17, 15) is 0 Å². The van der Waals surface area contributed by atoms with E-state index in [2.05, 4.69) is 50.2 Å². The van der Waals surface area contributed by atoms with Crippen molar-refractivity contribution in [2.75, 3.05) is 31.2 Å². The SMILES string of the molecule is CC(Oc1ccc2[nH]nc(-c3ccc(N4CCC5(CCOC5)CC4)nc3)c2c1)c1ccnc2[nH]ccc12. The van der Waals surface area contributed by atoms with Gasteiger partial charge in [0.05, 0.1) is 12.1 Å². The van der Waals surface area contributed by atoms with Crippen LogP contribution in [0.25, 0.3) is 33.2 Å². The van der Waals surface area contributed by atoms with Gasteiger partial charge < -0.3 is 19.4 Å². The second-order valence-electron chi connectivity index (χ2n) is 10.4. The molecule has 0 aliphatic carbocycles. The maximum atomic E-state index is 6.37. The normalized spacial score (nSPS) is 18.1. The van der Waals surface area contributed by atoms with Crippen LogP contribution in [-0.2, 0) is 4.74 Å². The predicted octanol–water partition coefficient (Wildman–Crippen LogP) is 5.65. The Morgan fingerprint density at radius 3 is 2.76 bits per heavy atom. The number of aromatic nitrogens is 5. The molecule has 2 aliphatic heterocycles. The summed E-state index contributed by atoms with van der Waals surface area (Å²) in [5.41, 5.74) is 5.20. The maximum absolute atomic E-state index is 6.37. The topological polar surface area (TPSA) is 91.9 Å². The van der Waals surface area contributed by atoms with E-state index in [1.807, 2.05) is 42.9 Å². The van der Waals surface area contributed by atoms with Gasteiger partial charge in [0.25, 0.3) is 0 Å². The number of ether oxygens (including phenoxy) is 2. The molecule has 7 rings (SSSR count). The largest absolute Gasteiger partial charge is 0.486 e. The van der Waals surface area contributed by atoms with Crippen LogP contribution in [0.1, 0.15) is 37.9 Å². The van der Waals surface area contributed by atoms with E-state index in [1.54, 1.807) is 0 Å². The van der Waals surface area contributed by atoms with Gasteiger partial charge in [-0.1, -0.05) is 0 Å². The molecule has 1 atom stereocenters. The second kappa shape index (κ2) is 8.88. The van der Waals surface area contributed by atoms with Crippen LogP contribution >= 0.6 is 0 Å². The van der Waals surface area contributed by atoms with Crippen LogP contribution in [0, 0.1) is 5.41 Å². The molecule has 2 fully saturated rings. The third-order valence-electron chi connectivity index (χ3n) is 8.13. The van der Waals surface area contributed by atoms with Crippen molar-refractivity contribution in [2.45, 2.75) is 32.3 Å². The zero-order valence-corrected chi connectivity index (χ0v) is 20.9. The van der Waals surface area contributed by atoms with E-state index in [0.29, 0.717) is 5.41 Å². The molecule has 1 aromatic carbocycles. The van der Waals surface area contributed by atoms with Gasteiger partial charge in [-0.3, -0.25) is 5.10 Å². The number of nitrogens with zero attached hydrogens (tertiary/aromatic N) is 4. The van der Waals surface area contributed by atoms with Crippen LogP contribution in [0.15, 0.2) is 61.1 Å². The molecule has 8 nitrogen and oxygen atoms in total. The zero-order valence-electron chi connectivity index (χ0n) is 20.9. The Morgan fingerprint density at radius 1 is 1.03 bits per heavy atom. The molecular formula is C29H30N6O2. The number of rotatable bonds is 5. The van der Waals surface area contributed by atoms with Crippen molar-refractivity contribution >= 4 is 27.8 Å². The number of H-pyrrole nitrogens is 2. The second-order valence-corrected chi connectivity index (χ2v) is 10.4. The fraction of sp³-hybridized carbons (Fsp3) is 0.345. The molecule has 0 amide bonds. The number of pyridine rings is 2. The van der Waals surface area contributed by atoms with Gasteiger partial charge in [-0.15, -0.1) is 0 Å². The Kier molecular flexibility index (Phi) is 5.35. The molecule has 6 heterocycles. The number of fused-ring (bicyclic) bond motifs is 2. The van der Waals surface area contributed by atoms with Crippen molar-refractivity contribution in [2.24, 2.45) is 5.41 Å². The molecule has 0 radical (unpaired) electrons. The third kappa shape index (κ3) is 4.01. The van der Waals surface area contributed by atoms with Crippen molar-refractivity contribution in [3.8, 4) is 17.0 Å². The third-order valence-corrected chi connectivity index (χ3v) is 8.13. The molecule has 1 unspecified atom stereocenters. The molecular weight excluding hydrogens is 464 g/mol. The minimum Gasteiger partial charge on any atom is -0.486 e. The average molecular weight is 495 g/mol. The minimum absolute atomic E-state index is 0.130. The van der Waals surface area contributed by atoms with E-state index in [1.165, 1.54) is 19.3 Å². The summed E-state index contributed by atoms with van der Waals surface area (Å²) in [5, 5.41) is 9.86. The molecule has 4 aromatic heterocycles. The lowest BCUT2D eigenvalue weighted by molar-refractivity contribution is 0.133. The molecule has 2 N–H and O–H groups in total. The summed E-state index contributed by atoms with van der Waals surface area (Å²) in [6.07, 6.45) is 9.07. The highest BCUT2D eigenvalue weighted by molar-refractivity contribution is 5.93. The molecule has 8 heteroatoms. The number of piperidine rings is 1. The Morgan fingerprint density at radius 2 is 1.95 bits per heavy atom. The summed E-state index contributed by atoms with van der Waals surface area (Å²) >= 11 is 0. The predicted molar refractivity (Wildman–Crippen MR) is 144 cm³/mol. The van der Waals surface area contributed by atoms with Crippen molar-refractivity contribution in [1.82, 2.24) is 25.1 Å². The summed E-state index contributed by atoms with van der Waals surface area (Å²) in [6.45, 7) is 5.96. The van der Waals surface area contributed by atoms with Gasteiger partial charge in [0, 0.05) is 60.2 Å². The van der Waals surface area contributed by atoms with Crippen LogP contribution in [0.2, 0.25) is 0 Å². The van der Waals surface area contributed by atoms with Crippen LogP contribution < -0.4 is 9.64 Å². The van der Waals surface area contributed by atoms with Gasteiger partial charge >= 0.3 is 0 Å². The van der Waals surface area contributed by atoms with Gasteiger partial charge in [0.1, 0.15) is 29.0 Å². The number of anilines is 1. The fourth-order valence-electron chi connectivity index (χ4n) is 5.86. The molecule has 1 spiro atoms. The summed E-state index contributed by atoms with van der Waals surface area (Å²) in [7, 11) is 0. The zero-order chi connectivity index (χ0) is 24.8. The Balaban J connectivity index is 1.11. The monoisotopic (exact) mass is 494 g/mol. The lowest BCUT2D eigenvalue weighted by Gasteiger charge is -2.38. The Hall–Kier alpha value is -3.91. The Bertz CT molecular complexity index is 1540. The van der Waals surface area contributed by atoms with E-state index in [4.69, 9.17) is 14.5 Å². The Labute approximate surface area is 215 Å². The maximum Gasteiger partial charge on any atom is 0.137 e. The highest BCUT2D eigenvalue weighted by Gasteiger charge is 2.38. The molecule has 188 valence electrons. The highest BCUT2D eigenvalue weighted by atomic mass is 16.5. The number of aromatic amines is 2.